The topological polar surface area (TPSA) is 83.5 Å². The molecule has 0 aliphatic heterocycles. The molecule has 0 heterocycles. The summed E-state index contributed by atoms with van der Waals surface area (Å²) in [6, 6.07) is 10.3. The second kappa shape index (κ2) is 5.90. The van der Waals surface area contributed by atoms with Crippen LogP contribution in [0.5, 0.6) is 0 Å². The molecule has 0 saturated carbocycles. The lowest BCUT2D eigenvalue weighted by atomic mass is 10.1. The lowest BCUT2D eigenvalue weighted by Crippen LogP contribution is -2.26. The van der Waals surface area contributed by atoms with Crippen molar-refractivity contribution in [1.29, 1.82) is 0 Å². The maximum Gasteiger partial charge on any atom is 0.304 e. The van der Waals surface area contributed by atoms with Crippen LogP contribution in [0.15, 0.2) is 45.8 Å². The molecule has 0 aromatic heterocycles. The van der Waals surface area contributed by atoms with Crippen molar-refractivity contribution in [2.24, 2.45) is 0 Å². The van der Waals surface area contributed by atoms with E-state index in [0.29, 0.717) is 5.39 Å². The van der Waals surface area contributed by atoms with Crippen LogP contribution in [0.3, 0.4) is 0 Å². The van der Waals surface area contributed by atoms with Gasteiger partial charge in [0, 0.05) is 16.4 Å². The minimum absolute atomic E-state index is 0.137. The molecule has 0 saturated heterocycles. The Labute approximate surface area is 124 Å². The van der Waals surface area contributed by atoms with Crippen molar-refractivity contribution in [3.63, 3.8) is 0 Å². The van der Waals surface area contributed by atoms with Gasteiger partial charge in [0.25, 0.3) is 0 Å². The zero-order valence-electron chi connectivity index (χ0n) is 10.3. The van der Waals surface area contributed by atoms with Gasteiger partial charge < -0.3 is 5.11 Å². The number of halogens is 1. The Balaban J connectivity index is 2.42. The Morgan fingerprint density at radius 3 is 2.45 bits per heavy atom. The molecule has 2 rings (SSSR count). The summed E-state index contributed by atoms with van der Waals surface area (Å²) in [4.78, 5) is 10.6. The van der Waals surface area contributed by atoms with Gasteiger partial charge in [-0.25, -0.2) is 13.1 Å². The predicted molar refractivity (Wildman–Crippen MR) is 79.1 cm³/mol. The Morgan fingerprint density at radius 2 is 1.80 bits per heavy atom. The Hall–Kier alpha value is -1.44. The first-order chi connectivity index (χ1) is 9.42. The first-order valence-electron chi connectivity index (χ1n) is 5.80. The Bertz CT molecular complexity index is 758. The molecule has 7 heteroatoms. The summed E-state index contributed by atoms with van der Waals surface area (Å²) in [5.74, 6) is -1.05. The fourth-order valence-corrected chi connectivity index (χ4v) is 3.56. The van der Waals surface area contributed by atoms with Crippen molar-refractivity contribution in [1.82, 2.24) is 4.72 Å². The molecule has 0 bridgehead atoms. The summed E-state index contributed by atoms with van der Waals surface area (Å²) in [5.41, 5.74) is 0. The number of fused-ring (bicyclic) bond motifs is 1. The number of carboxylic acids is 1. The number of rotatable bonds is 5. The molecule has 0 spiro atoms. The van der Waals surface area contributed by atoms with Gasteiger partial charge in [-0.15, -0.1) is 0 Å². The summed E-state index contributed by atoms with van der Waals surface area (Å²) in [7, 11) is -3.73. The van der Waals surface area contributed by atoms with E-state index in [4.69, 9.17) is 5.11 Å². The third kappa shape index (κ3) is 3.17. The maximum atomic E-state index is 12.2. The normalized spacial score (nSPS) is 11.7. The second-order valence-electron chi connectivity index (χ2n) is 4.13. The molecule has 2 aromatic rings. The van der Waals surface area contributed by atoms with E-state index in [1.165, 1.54) is 6.07 Å². The molecule has 20 heavy (non-hydrogen) atoms. The van der Waals surface area contributed by atoms with E-state index < -0.39 is 16.0 Å². The van der Waals surface area contributed by atoms with Crippen molar-refractivity contribution < 1.29 is 18.3 Å². The molecular formula is C13H12BrNO4S. The summed E-state index contributed by atoms with van der Waals surface area (Å²) in [6.45, 7) is -0.137. The Morgan fingerprint density at radius 1 is 1.15 bits per heavy atom. The molecule has 0 unspecified atom stereocenters. The smallest absolute Gasteiger partial charge is 0.304 e. The molecule has 0 radical (unpaired) electrons. The molecule has 5 nitrogen and oxygen atoms in total. The molecule has 2 N–H and O–H groups in total. The van der Waals surface area contributed by atoms with Crippen LogP contribution in [0.4, 0.5) is 0 Å². The van der Waals surface area contributed by atoms with E-state index in [1.54, 1.807) is 18.2 Å². The van der Waals surface area contributed by atoms with Crippen molar-refractivity contribution in [3.8, 4) is 0 Å². The van der Waals surface area contributed by atoms with E-state index >= 15 is 0 Å². The van der Waals surface area contributed by atoms with Crippen molar-refractivity contribution in [3.05, 3.63) is 40.9 Å². The highest BCUT2D eigenvalue weighted by molar-refractivity contribution is 9.10. The fraction of sp³-hybridized carbons (Fsp3) is 0.154. The number of sulfonamides is 1. The summed E-state index contributed by atoms with van der Waals surface area (Å²) in [6.07, 6.45) is -0.256. The zero-order valence-corrected chi connectivity index (χ0v) is 12.7. The van der Waals surface area contributed by atoms with Gasteiger partial charge in [-0.3, -0.25) is 4.79 Å². The van der Waals surface area contributed by atoms with Crippen LogP contribution >= 0.6 is 15.9 Å². The van der Waals surface area contributed by atoms with Crippen molar-refractivity contribution in [2.45, 2.75) is 11.3 Å². The molecular weight excluding hydrogens is 346 g/mol. The van der Waals surface area contributed by atoms with Crippen LogP contribution in [-0.4, -0.2) is 26.0 Å². The van der Waals surface area contributed by atoms with E-state index in [1.807, 2.05) is 12.1 Å². The van der Waals surface area contributed by atoms with Crippen molar-refractivity contribution >= 4 is 42.7 Å². The largest absolute Gasteiger partial charge is 0.481 e. The van der Waals surface area contributed by atoms with Gasteiger partial charge in [0.1, 0.15) is 0 Å². The standard InChI is InChI=1S/C13H12BrNO4S/c14-11-5-6-12(10-4-2-1-3-9(10)11)20(18,19)15-8-7-13(16)17/h1-6,15H,7-8H2,(H,16,17). The molecule has 0 fully saturated rings. The van der Waals surface area contributed by atoms with Gasteiger partial charge in [-0.1, -0.05) is 40.2 Å². The number of hydrogen-bond donors (Lipinski definition) is 2. The van der Waals surface area contributed by atoms with Gasteiger partial charge in [0.2, 0.25) is 10.0 Å². The van der Waals surface area contributed by atoms with E-state index in [0.717, 1.165) is 9.86 Å². The Kier molecular flexibility index (Phi) is 4.42. The van der Waals surface area contributed by atoms with E-state index in [-0.39, 0.29) is 17.9 Å². The number of nitrogens with one attached hydrogen (secondary N) is 1. The van der Waals surface area contributed by atoms with E-state index in [9.17, 15) is 13.2 Å². The minimum atomic E-state index is -3.73. The maximum absolute atomic E-state index is 12.2. The van der Waals surface area contributed by atoms with Gasteiger partial charge in [-0.05, 0) is 17.5 Å². The SMILES string of the molecule is O=C(O)CCNS(=O)(=O)c1ccc(Br)c2ccccc12. The first kappa shape index (κ1) is 15.0. The third-order valence-corrected chi connectivity index (χ3v) is 4.96. The molecule has 0 amide bonds. The lowest BCUT2D eigenvalue weighted by molar-refractivity contribution is -0.136. The number of aliphatic carboxylic acids is 1. The molecule has 0 aliphatic carbocycles. The second-order valence-corrected chi connectivity index (χ2v) is 6.72. The molecule has 0 atom stereocenters. The van der Waals surface area contributed by atoms with E-state index in [2.05, 4.69) is 20.7 Å². The molecule has 106 valence electrons. The number of carboxylic acid groups (broad SMARTS) is 1. The van der Waals surface area contributed by atoms with Gasteiger partial charge >= 0.3 is 5.97 Å². The highest BCUT2D eigenvalue weighted by Gasteiger charge is 2.18. The fourth-order valence-electron chi connectivity index (χ4n) is 1.84. The number of hydrogen-bond acceptors (Lipinski definition) is 3. The van der Waals surface area contributed by atoms with Crippen LogP contribution in [0.25, 0.3) is 10.8 Å². The quantitative estimate of drug-likeness (QED) is 0.860. The van der Waals surface area contributed by atoms with Crippen LogP contribution in [0.2, 0.25) is 0 Å². The van der Waals surface area contributed by atoms with Gasteiger partial charge in [0.05, 0.1) is 11.3 Å². The number of benzene rings is 2. The van der Waals surface area contributed by atoms with Crippen LogP contribution in [-0.2, 0) is 14.8 Å². The van der Waals surface area contributed by atoms with Crippen LogP contribution < -0.4 is 4.72 Å². The number of carbonyl (C=O) groups is 1. The molecule has 2 aromatic carbocycles. The third-order valence-electron chi connectivity index (χ3n) is 2.75. The average Bonchev–Trinajstić information content (AvgIpc) is 2.38. The van der Waals surface area contributed by atoms with Crippen LogP contribution in [0, 0.1) is 0 Å². The highest BCUT2D eigenvalue weighted by Crippen LogP contribution is 2.29. The van der Waals surface area contributed by atoms with Crippen molar-refractivity contribution in [2.75, 3.05) is 6.54 Å². The molecule has 0 aliphatic rings. The van der Waals surface area contributed by atoms with Gasteiger partial charge in [0.15, 0.2) is 0 Å². The highest BCUT2D eigenvalue weighted by atomic mass is 79.9. The average molecular weight is 358 g/mol. The summed E-state index contributed by atoms with van der Waals surface area (Å²) in [5, 5.41) is 9.92. The van der Waals surface area contributed by atoms with Gasteiger partial charge in [-0.2, -0.15) is 0 Å². The monoisotopic (exact) mass is 357 g/mol. The summed E-state index contributed by atoms with van der Waals surface area (Å²) >= 11 is 3.38. The zero-order chi connectivity index (χ0) is 14.8. The minimum Gasteiger partial charge on any atom is -0.481 e. The predicted octanol–water partition coefficient (Wildman–Crippen LogP) is 2.36. The summed E-state index contributed by atoms with van der Waals surface area (Å²) < 4.78 is 27.5. The van der Waals surface area contributed by atoms with Crippen LogP contribution in [0.1, 0.15) is 6.42 Å². The lowest BCUT2D eigenvalue weighted by Gasteiger charge is -2.10. The first-order valence-corrected chi connectivity index (χ1v) is 8.08.